The van der Waals surface area contributed by atoms with Gasteiger partial charge < -0.3 is 19.9 Å². The van der Waals surface area contributed by atoms with Gasteiger partial charge in [-0.15, -0.1) is 0 Å². The average Bonchev–Trinajstić information content (AvgIpc) is 2.48. The second-order valence-corrected chi connectivity index (χ2v) is 5.07. The van der Waals surface area contributed by atoms with Crippen molar-refractivity contribution in [3.05, 3.63) is 23.5 Å². The molecule has 1 rings (SSSR count). The van der Waals surface area contributed by atoms with Crippen LogP contribution in [0.15, 0.2) is 12.1 Å². The van der Waals surface area contributed by atoms with E-state index in [1.54, 1.807) is 0 Å². The monoisotopic (exact) mass is 296 g/mol. The normalized spacial score (nSPS) is 12.4. The predicted molar refractivity (Wildman–Crippen MR) is 83.6 cm³/mol. The molecule has 1 unspecified atom stereocenters. The number of aryl methyl sites for hydroxylation is 1. The molecule has 0 bridgehead atoms. The highest BCUT2D eigenvalue weighted by Gasteiger charge is 2.09. The summed E-state index contributed by atoms with van der Waals surface area (Å²) in [4.78, 5) is 4.47. The molecular formula is C16H28N2O3. The first kappa shape index (κ1) is 17.9. The molecule has 5 heteroatoms. The van der Waals surface area contributed by atoms with E-state index in [-0.39, 0.29) is 6.61 Å². The van der Waals surface area contributed by atoms with Gasteiger partial charge in [-0.25, -0.2) is 0 Å². The van der Waals surface area contributed by atoms with Crippen molar-refractivity contribution in [2.45, 2.75) is 46.3 Å². The third kappa shape index (κ3) is 7.41. The molecule has 2 N–H and O–H groups in total. The largest absolute Gasteiger partial charge is 0.489 e. The van der Waals surface area contributed by atoms with E-state index in [9.17, 15) is 5.11 Å². The first-order valence-electron chi connectivity index (χ1n) is 7.73. The van der Waals surface area contributed by atoms with Gasteiger partial charge in [0.1, 0.15) is 18.5 Å². The van der Waals surface area contributed by atoms with E-state index in [4.69, 9.17) is 9.47 Å². The highest BCUT2D eigenvalue weighted by Crippen LogP contribution is 2.17. The van der Waals surface area contributed by atoms with Crippen LogP contribution in [0.4, 0.5) is 0 Å². The van der Waals surface area contributed by atoms with Crippen molar-refractivity contribution in [2.75, 3.05) is 26.4 Å². The number of hydrogen-bond acceptors (Lipinski definition) is 5. The third-order valence-corrected chi connectivity index (χ3v) is 3.00. The van der Waals surface area contributed by atoms with E-state index in [0.29, 0.717) is 25.5 Å². The molecule has 1 heterocycles. The van der Waals surface area contributed by atoms with Crippen LogP contribution in [0.2, 0.25) is 0 Å². The number of aliphatic hydroxyl groups excluding tert-OH is 1. The molecule has 0 saturated carbocycles. The molecule has 1 aromatic heterocycles. The lowest BCUT2D eigenvalue weighted by Crippen LogP contribution is -2.24. The van der Waals surface area contributed by atoms with Crippen LogP contribution in [0.3, 0.4) is 0 Å². The van der Waals surface area contributed by atoms with Gasteiger partial charge in [0, 0.05) is 18.8 Å². The Morgan fingerprint density at radius 3 is 2.81 bits per heavy atom. The number of aliphatic hydroxyl groups is 1. The zero-order chi connectivity index (χ0) is 15.5. The van der Waals surface area contributed by atoms with E-state index in [1.807, 2.05) is 26.0 Å². The fourth-order valence-corrected chi connectivity index (χ4v) is 1.80. The number of ether oxygens (including phenoxy) is 2. The summed E-state index contributed by atoms with van der Waals surface area (Å²) in [6, 6.07) is 3.81. The number of aromatic nitrogens is 1. The Labute approximate surface area is 127 Å². The highest BCUT2D eigenvalue weighted by molar-refractivity contribution is 5.29. The summed E-state index contributed by atoms with van der Waals surface area (Å²) in [6.07, 6.45) is 1.49. The fourth-order valence-electron chi connectivity index (χ4n) is 1.80. The van der Waals surface area contributed by atoms with Gasteiger partial charge in [-0.1, -0.05) is 20.3 Å². The Kier molecular flexibility index (Phi) is 8.98. The number of pyridine rings is 1. The lowest BCUT2D eigenvalue weighted by Gasteiger charge is -2.15. The van der Waals surface area contributed by atoms with Crippen LogP contribution in [0.5, 0.6) is 5.75 Å². The van der Waals surface area contributed by atoms with Crippen LogP contribution >= 0.6 is 0 Å². The van der Waals surface area contributed by atoms with E-state index in [1.165, 1.54) is 0 Å². The summed E-state index contributed by atoms with van der Waals surface area (Å²) in [7, 11) is 0. The SMILES string of the molecule is CCCCOCC(O)COc1ccc(C)nc1CNCC. The number of unbranched alkanes of at least 4 members (excludes halogenated alkanes) is 1. The minimum atomic E-state index is -0.616. The van der Waals surface area contributed by atoms with Gasteiger partial charge in [0.15, 0.2) is 0 Å². The molecule has 0 amide bonds. The molecule has 5 nitrogen and oxygen atoms in total. The quantitative estimate of drug-likeness (QED) is 0.612. The summed E-state index contributed by atoms with van der Waals surface area (Å²) in [5.41, 5.74) is 1.83. The van der Waals surface area contributed by atoms with Crippen LogP contribution in [-0.4, -0.2) is 42.6 Å². The zero-order valence-corrected chi connectivity index (χ0v) is 13.4. The Morgan fingerprint density at radius 2 is 2.10 bits per heavy atom. The number of rotatable bonds is 11. The van der Waals surface area contributed by atoms with E-state index >= 15 is 0 Å². The molecule has 0 spiro atoms. The van der Waals surface area contributed by atoms with Gasteiger partial charge in [-0.05, 0) is 32.0 Å². The second-order valence-electron chi connectivity index (χ2n) is 5.07. The minimum Gasteiger partial charge on any atom is -0.489 e. The summed E-state index contributed by atoms with van der Waals surface area (Å²) in [5, 5.41) is 13.1. The predicted octanol–water partition coefficient (Wildman–Crippen LogP) is 2.06. The van der Waals surface area contributed by atoms with Gasteiger partial charge in [-0.2, -0.15) is 0 Å². The van der Waals surface area contributed by atoms with E-state index in [2.05, 4.69) is 17.2 Å². The van der Waals surface area contributed by atoms with Crippen molar-refractivity contribution in [1.29, 1.82) is 0 Å². The average molecular weight is 296 g/mol. The van der Waals surface area contributed by atoms with Gasteiger partial charge in [0.2, 0.25) is 0 Å². The first-order valence-corrected chi connectivity index (χ1v) is 7.73. The van der Waals surface area contributed by atoms with E-state index < -0.39 is 6.10 Å². The molecule has 0 fully saturated rings. The molecule has 0 aromatic carbocycles. The fraction of sp³-hybridized carbons (Fsp3) is 0.688. The van der Waals surface area contributed by atoms with Crippen molar-refractivity contribution in [2.24, 2.45) is 0 Å². The Balaban J connectivity index is 2.42. The Hall–Kier alpha value is -1.17. The van der Waals surface area contributed by atoms with Gasteiger partial charge in [0.25, 0.3) is 0 Å². The van der Waals surface area contributed by atoms with Crippen LogP contribution in [0, 0.1) is 6.92 Å². The van der Waals surface area contributed by atoms with Gasteiger partial charge in [0.05, 0.1) is 12.3 Å². The summed E-state index contributed by atoms with van der Waals surface area (Å²) >= 11 is 0. The van der Waals surface area contributed by atoms with E-state index in [0.717, 1.165) is 30.8 Å². The Morgan fingerprint density at radius 1 is 1.29 bits per heavy atom. The molecule has 1 atom stereocenters. The molecule has 120 valence electrons. The lowest BCUT2D eigenvalue weighted by atomic mass is 10.2. The maximum Gasteiger partial charge on any atom is 0.142 e. The molecule has 0 radical (unpaired) electrons. The molecule has 0 saturated heterocycles. The lowest BCUT2D eigenvalue weighted by molar-refractivity contribution is 0.0110. The maximum absolute atomic E-state index is 9.85. The number of nitrogens with one attached hydrogen (secondary N) is 1. The molecule has 21 heavy (non-hydrogen) atoms. The molecular weight excluding hydrogens is 268 g/mol. The second kappa shape index (κ2) is 10.5. The summed E-state index contributed by atoms with van der Waals surface area (Å²) < 4.78 is 11.1. The first-order chi connectivity index (χ1) is 10.2. The Bertz CT molecular complexity index is 399. The third-order valence-electron chi connectivity index (χ3n) is 3.00. The molecule has 0 aliphatic rings. The van der Waals surface area contributed by atoms with Crippen LogP contribution in [0.1, 0.15) is 38.1 Å². The van der Waals surface area contributed by atoms with Gasteiger partial charge >= 0.3 is 0 Å². The number of hydrogen-bond donors (Lipinski definition) is 2. The van der Waals surface area contributed by atoms with Gasteiger partial charge in [-0.3, -0.25) is 4.98 Å². The zero-order valence-electron chi connectivity index (χ0n) is 13.4. The van der Waals surface area contributed by atoms with Crippen molar-refractivity contribution in [1.82, 2.24) is 10.3 Å². The van der Waals surface area contributed by atoms with Crippen LogP contribution in [-0.2, 0) is 11.3 Å². The van der Waals surface area contributed by atoms with Crippen LogP contribution in [0.25, 0.3) is 0 Å². The summed E-state index contributed by atoms with van der Waals surface area (Å²) in [5.74, 6) is 0.717. The smallest absolute Gasteiger partial charge is 0.142 e. The standard InChI is InChI=1S/C16H28N2O3/c1-4-6-9-20-11-14(19)12-21-16-8-7-13(3)18-15(16)10-17-5-2/h7-8,14,17,19H,4-6,9-12H2,1-3H3. The van der Waals surface area contributed by atoms with Crippen LogP contribution < -0.4 is 10.1 Å². The van der Waals surface area contributed by atoms with Crippen molar-refractivity contribution >= 4 is 0 Å². The maximum atomic E-state index is 9.85. The molecule has 0 aliphatic heterocycles. The van der Waals surface area contributed by atoms with Crippen molar-refractivity contribution in [3.8, 4) is 5.75 Å². The molecule has 1 aromatic rings. The number of nitrogens with zero attached hydrogens (tertiary/aromatic N) is 1. The highest BCUT2D eigenvalue weighted by atomic mass is 16.5. The minimum absolute atomic E-state index is 0.218. The summed E-state index contributed by atoms with van der Waals surface area (Å²) in [6.45, 7) is 8.87. The van der Waals surface area contributed by atoms with Crippen molar-refractivity contribution < 1.29 is 14.6 Å². The topological polar surface area (TPSA) is 63.6 Å². The van der Waals surface area contributed by atoms with Crippen molar-refractivity contribution in [3.63, 3.8) is 0 Å². The molecule has 0 aliphatic carbocycles.